The Morgan fingerprint density at radius 2 is 1.50 bits per heavy atom. The number of nitrogens with zero attached hydrogens (tertiary/aromatic N) is 3. The van der Waals surface area contributed by atoms with Crippen LogP contribution in [-0.2, 0) is 6.54 Å². The molecule has 0 saturated heterocycles. The van der Waals surface area contributed by atoms with Crippen molar-refractivity contribution in [2.24, 2.45) is 0 Å². The van der Waals surface area contributed by atoms with Crippen molar-refractivity contribution in [1.29, 1.82) is 0 Å². The second kappa shape index (κ2) is 10.5. The number of benzene rings is 3. The molecule has 0 unspecified atom stereocenters. The number of anilines is 1. The van der Waals surface area contributed by atoms with E-state index in [2.05, 4.69) is 34.6 Å². The first-order valence-corrected chi connectivity index (χ1v) is 12.9. The van der Waals surface area contributed by atoms with Crippen LogP contribution in [0.15, 0.2) is 89.7 Å². The number of hydrogen-bond acceptors (Lipinski definition) is 5. The first-order valence-electron chi connectivity index (χ1n) is 12.9. The van der Waals surface area contributed by atoms with E-state index in [0.29, 0.717) is 13.1 Å². The van der Waals surface area contributed by atoms with Crippen molar-refractivity contribution >= 4 is 11.9 Å². The van der Waals surface area contributed by atoms with Gasteiger partial charge < -0.3 is 15.3 Å². The summed E-state index contributed by atoms with van der Waals surface area (Å²) in [4.78, 5) is 32.5. The van der Waals surface area contributed by atoms with E-state index in [0.717, 1.165) is 22.3 Å². The highest BCUT2D eigenvalue weighted by molar-refractivity contribution is 5.96. The summed E-state index contributed by atoms with van der Waals surface area (Å²) in [5.74, 6) is -0.909. The van der Waals surface area contributed by atoms with Crippen molar-refractivity contribution in [3.63, 3.8) is 0 Å². The van der Waals surface area contributed by atoms with Crippen molar-refractivity contribution in [3.05, 3.63) is 123 Å². The highest BCUT2D eigenvalue weighted by Crippen LogP contribution is 2.41. The summed E-state index contributed by atoms with van der Waals surface area (Å²) >= 11 is 0. The molecular weight excluding hydrogens is 476 g/mol. The molecule has 1 atom stereocenters. The third-order valence-electron chi connectivity index (χ3n) is 7.18. The van der Waals surface area contributed by atoms with Crippen molar-refractivity contribution < 1.29 is 9.90 Å². The normalized spacial score (nSPS) is 15.1. The molecule has 2 heterocycles. The zero-order valence-corrected chi connectivity index (χ0v) is 21.8. The van der Waals surface area contributed by atoms with Crippen LogP contribution in [-0.4, -0.2) is 38.1 Å². The lowest BCUT2D eigenvalue weighted by atomic mass is 9.83. The zero-order chi connectivity index (χ0) is 26.8. The van der Waals surface area contributed by atoms with Crippen molar-refractivity contribution in [3.8, 4) is 5.75 Å². The molecule has 0 aliphatic carbocycles. The molecule has 1 aromatic heterocycles. The van der Waals surface area contributed by atoms with Gasteiger partial charge in [-0.1, -0.05) is 90.5 Å². The summed E-state index contributed by atoms with van der Waals surface area (Å²) in [6.07, 6.45) is 0. The molecule has 0 spiro atoms. The number of fused-ring (bicyclic) bond motifs is 1. The maximum Gasteiger partial charge on any atom is 0.317 e. The minimum Gasteiger partial charge on any atom is -0.501 e. The van der Waals surface area contributed by atoms with Gasteiger partial charge in [-0.05, 0) is 37.5 Å². The fraction of sp³-hybridized carbons (Fsp3) is 0.258. The molecule has 4 aromatic rings. The number of aromatic nitrogens is 2. The monoisotopic (exact) mass is 508 g/mol. The number of amides is 1. The number of carbonyl (C=O) groups is 1. The molecule has 0 saturated carbocycles. The number of aromatic hydroxyl groups is 1. The number of hydrogen-bond donors (Lipinski definition) is 2. The lowest BCUT2D eigenvalue weighted by Gasteiger charge is -2.42. The Morgan fingerprint density at radius 1 is 0.921 bits per heavy atom. The number of carbonyl (C=O) groups excluding carboxylic acids is 1. The Hall–Kier alpha value is -4.39. The lowest BCUT2D eigenvalue weighted by molar-refractivity contribution is 0.0588. The van der Waals surface area contributed by atoms with Gasteiger partial charge in [0.25, 0.3) is 5.91 Å². The van der Waals surface area contributed by atoms with Gasteiger partial charge in [-0.15, -0.1) is 0 Å². The largest absolute Gasteiger partial charge is 0.501 e. The highest BCUT2D eigenvalue weighted by atomic mass is 16.3. The molecule has 1 aliphatic rings. The van der Waals surface area contributed by atoms with Crippen LogP contribution in [0.1, 0.15) is 58.5 Å². The van der Waals surface area contributed by atoms with Crippen molar-refractivity contribution in [2.75, 3.05) is 11.9 Å². The second-order valence-corrected chi connectivity index (χ2v) is 10.1. The summed E-state index contributed by atoms with van der Waals surface area (Å²) in [6, 6.07) is 27.8. The summed E-state index contributed by atoms with van der Waals surface area (Å²) in [7, 11) is 0. The predicted molar refractivity (Wildman–Crippen MR) is 149 cm³/mol. The van der Waals surface area contributed by atoms with E-state index in [1.54, 1.807) is 9.47 Å². The summed E-state index contributed by atoms with van der Waals surface area (Å²) in [5, 5.41) is 14.2. The molecule has 38 heavy (non-hydrogen) atoms. The van der Waals surface area contributed by atoms with E-state index in [9.17, 15) is 14.7 Å². The van der Waals surface area contributed by atoms with Crippen LogP contribution in [0.4, 0.5) is 5.95 Å². The van der Waals surface area contributed by atoms with Gasteiger partial charge in [0.05, 0.1) is 6.04 Å². The molecule has 5 rings (SSSR count). The smallest absolute Gasteiger partial charge is 0.317 e. The molecule has 1 amide bonds. The molecule has 1 aliphatic heterocycles. The fourth-order valence-corrected chi connectivity index (χ4v) is 5.22. The Bertz CT molecular complexity index is 1440. The van der Waals surface area contributed by atoms with Crippen LogP contribution in [0.25, 0.3) is 0 Å². The Balaban J connectivity index is 1.71. The standard InChI is InChI=1S/C31H32N4O3/c1-20(2)34-19-25(26(23-10-6-4-7-11-23)24-12-8-5-9-13-24)35-27(30(34)38)28(36)29(37)33-31(35)32-18-22-16-14-21(3)15-17-22/h4-17,20,25-26,36H,18-19H2,1-3H3,(H,32,33,37)/t25-/m1/s1. The number of aryl methyl sites for hydroxylation is 1. The van der Waals surface area contributed by atoms with Gasteiger partial charge in [0.2, 0.25) is 11.7 Å². The van der Waals surface area contributed by atoms with Gasteiger partial charge in [-0.2, -0.15) is 4.98 Å². The topological polar surface area (TPSA) is 87.5 Å². The number of rotatable bonds is 7. The van der Waals surface area contributed by atoms with E-state index in [1.807, 2.05) is 81.4 Å². The minimum atomic E-state index is -0.823. The first kappa shape index (κ1) is 25.3. The highest BCUT2D eigenvalue weighted by Gasteiger charge is 2.41. The van der Waals surface area contributed by atoms with Crippen LogP contribution >= 0.6 is 0 Å². The molecule has 7 heteroatoms. The maximum atomic E-state index is 13.7. The molecule has 194 valence electrons. The molecule has 3 aromatic carbocycles. The van der Waals surface area contributed by atoms with Crippen LogP contribution in [0, 0.1) is 6.92 Å². The van der Waals surface area contributed by atoms with Gasteiger partial charge in [-0.25, -0.2) is 0 Å². The maximum absolute atomic E-state index is 13.7. The predicted octanol–water partition coefficient (Wildman–Crippen LogP) is 5.11. The van der Waals surface area contributed by atoms with Crippen molar-refractivity contribution in [2.45, 2.75) is 45.3 Å². The summed E-state index contributed by atoms with van der Waals surface area (Å²) < 4.78 is 1.75. The fourth-order valence-electron chi connectivity index (χ4n) is 5.22. The molecule has 2 N–H and O–H groups in total. The van der Waals surface area contributed by atoms with E-state index < -0.39 is 11.3 Å². The average Bonchev–Trinajstić information content (AvgIpc) is 2.92. The average molecular weight is 509 g/mol. The Kier molecular flexibility index (Phi) is 7.01. The number of nitrogens with one attached hydrogen (secondary N) is 1. The van der Waals surface area contributed by atoms with E-state index in [4.69, 9.17) is 0 Å². The molecule has 0 radical (unpaired) electrons. The lowest BCUT2D eigenvalue weighted by Crippen LogP contribution is -2.49. The molecule has 0 bridgehead atoms. The first-order chi connectivity index (χ1) is 18.3. The van der Waals surface area contributed by atoms with Gasteiger partial charge >= 0.3 is 5.56 Å². The zero-order valence-electron chi connectivity index (χ0n) is 21.8. The van der Waals surface area contributed by atoms with E-state index in [-0.39, 0.29) is 35.6 Å². The minimum absolute atomic E-state index is 0.0294. The van der Waals surface area contributed by atoms with E-state index in [1.165, 1.54) is 0 Å². The molecule has 0 fully saturated rings. The summed E-state index contributed by atoms with van der Waals surface area (Å²) in [6.45, 7) is 6.71. The van der Waals surface area contributed by atoms with Crippen LogP contribution in [0.5, 0.6) is 5.75 Å². The van der Waals surface area contributed by atoms with Crippen LogP contribution < -0.4 is 10.9 Å². The van der Waals surface area contributed by atoms with E-state index >= 15 is 0 Å². The third-order valence-corrected chi connectivity index (χ3v) is 7.18. The van der Waals surface area contributed by atoms with Gasteiger partial charge in [0.15, 0.2) is 5.69 Å². The second-order valence-electron chi connectivity index (χ2n) is 10.1. The molecular formula is C31H32N4O3. The third kappa shape index (κ3) is 4.79. The molecule has 7 nitrogen and oxygen atoms in total. The van der Waals surface area contributed by atoms with Gasteiger partial charge in [0.1, 0.15) is 0 Å². The van der Waals surface area contributed by atoms with Gasteiger partial charge in [0, 0.05) is 25.0 Å². The Labute approximate surface area is 222 Å². The quantitative estimate of drug-likeness (QED) is 0.362. The van der Waals surface area contributed by atoms with Crippen LogP contribution in [0.3, 0.4) is 0 Å². The summed E-state index contributed by atoms with van der Waals surface area (Å²) in [5.41, 5.74) is 3.44. The van der Waals surface area contributed by atoms with Gasteiger partial charge in [-0.3, -0.25) is 14.2 Å². The SMILES string of the molecule is Cc1ccc(CNc2nc(=O)c(O)c3n2[C@@H](C(c2ccccc2)c2ccccc2)CN(C(C)C)C3=O)cc1. The Morgan fingerprint density at radius 3 is 2.05 bits per heavy atom. The van der Waals surface area contributed by atoms with Crippen LogP contribution in [0.2, 0.25) is 0 Å². The van der Waals surface area contributed by atoms with Crippen molar-refractivity contribution in [1.82, 2.24) is 14.5 Å².